The summed E-state index contributed by atoms with van der Waals surface area (Å²) in [5, 5.41) is 19.8. The number of ketones is 1. The number of nitrogens with zero attached hydrogens (tertiary/aromatic N) is 3. The summed E-state index contributed by atoms with van der Waals surface area (Å²) in [6, 6.07) is 11.0. The molecular weight excluding hydrogens is 421 g/mol. The van der Waals surface area contributed by atoms with Crippen molar-refractivity contribution in [3.05, 3.63) is 76.1 Å². The largest absolute Gasteiger partial charge is 0.507 e. The number of aromatic nitrogens is 2. The van der Waals surface area contributed by atoms with E-state index in [0.717, 1.165) is 11.3 Å². The molecule has 4 rings (SSSR count). The van der Waals surface area contributed by atoms with Gasteiger partial charge in [0.25, 0.3) is 5.78 Å². The van der Waals surface area contributed by atoms with E-state index in [2.05, 4.69) is 10.2 Å². The molecular formula is C22H18FN3O4S. The van der Waals surface area contributed by atoms with Crippen molar-refractivity contribution in [2.75, 3.05) is 11.5 Å². The fourth-order valence-corrected chi connectivity index (χ4v) is 4.12. The van der Waals surface area contributed by atoms with Gasteiger partial charge >= 0.3 is 5.91 Å². The number of carbonyl (C=O) groups is 2. The highest BCUT2D eigenvalue weighted by Crippen LogP contribution is 2.43. The molecule has 2 aromatic carbocycles. The first-order valence-electron chi connectivity index (χ1n) is 9.50. The Morgan fingerprint density at radius 2 is 1.81 bits per heavy atom. The second-order valence-corrected chi connectivity index (χ2v) is 7.94. The molecule has 1 saturated heterocycles. The van der Waals surface area contributed by atoms with Crippen LogP contribution in [0.1, 0.15) is 29.1 Å². The number of benzene rings is 2. The molecule has 1 fully saturated rings. The second-order valence-electron chi connectivity index (χ2n) is 6.78. The third-order valence-electron chi connectivity index (χ3n) is 4.79. The third kappa shape index (κ3) is 3.79. The SMILES string of the molecule is CCOc1ccc(/C(O)=C2\C(=O)C(=O)N(c3nnc(C)s3)[C@H]2c2ccc(F)cc2)cc1. The van der Waals surface area contributed by atoms with E-state index >= 15 is 0 Å². The number of rotatable bonds is 5. The molecule has 1 N–H and O–H groups in total. The van der Waals surface area contributed by atoms with Gasteiger partial charge in [-0.2, -0.15) is 0 Å². The van der Waals surface area contributed by atoms with Crippen LogP contribution in [0.4, 0.5) is 9.52 Å². The molecule has 0 bridgehead atoms. The molecule has 31 heavy (non-hydrogen) atoms. The first kappa shape index (κ1) is 20.7. The Hall–Kier alpha value is -3.59. The maximum Gasteiger partial charge on any atom is 0.301 e. The van der Waals surface area contributed by atoms with Gasteiger partial charge in [-0.15, -0.1) is 10.2 Å². The van der Waals surface area contributed by atoms with Crippen LogP contribution in [-0.2, 0) is 9.59 Å². The highest BCUT2D eigenvalue weighted by molar-refractivity contribution is 7.15. The van der Waals surface area contributed by atoms with Gasteiger partial charge in [0, 0.05) is 5.56 Å². The monoisotopic (exact) mass is 439 g/mol. The van der Waals surface area contributed by atoms with Crippen molar-refractivity contribution in [3.63, 3.8) is 0 Å². The molecule has 1 aromatic heterocycles. The molecule has 9 heteroatoms. The van der Waals surface area contributed by atoms with Crippen LogP contribution in [-0.4, -0.2) is 33.6 Å². The van der Waals surface area contributed by atoms with E-state index in [9.17, 15) is 19.1 Å². The molecule has 0 aliphatic carbocycles. The van der Waals surface area contributed by atoms with Crippen LogP contribution in [0.2, 0.25) is 0 Å². The van der Waals surface area contributed by atoms with Crippen molar-refractivity contribution in [1.82, 2.24) is 10.2 Å². The zero-order valence-corrected chi connectivity index (χ0v) is 17.5. The minimum absolute atomic E-state index is 0.103. The molecule has 0 saturated carbocycles. The smallest absolute Gasteiger partial charge is 0.301 e. The van der Waals surface area contributed by atoms with Gasteiger partial charge in [-0.25, -0.2) is 4.39 Å². The Labute approximate surface area is 181 Å². The maximum atomic E-state index is 13.5. The molecule has 2 heterocycles. The van der Waals surface area contributed by atoms with Gasteiger partial charge in [0.2, 0.25) is 5.13 Å². The van der Waals surface area contributed by atoms with Gasteiger partial charge in [-0.05, 0) is 55.8 Å². The summed E-state index contributed by atoms with van der Waals surface area (Å²) < 4.78 is 18.9. The Balaban J connectivity index is 1.87. The average molecular weight is 439 g/mol. The number of aliphatic hydroxyl groups is 1. The van der Waals surface area contributed by atoms with Gasteiger partial charge in [-0.1, -0.05) is 23.5 Å². The van der Waals surface area contributed by atoms with Gasteiger partial charge in [0.05, 0.1) is 18.2 Å². The highest BCUT2D eigenvalue weighted by atomic mass is 32.1. The summed E-state index contributed by atoms with van der Waals surface area (Å²) in [4.78, 5) is 27.1. The first-order valence-corrected chi connectivity index (χ1v) is 10.3. The lowest BCUT2D eigenvalue weighted by atomic mass is 9.95. The summed E-state index contributed by atoms with van der Waals surface area (Å²) in [5.74, 6) is -1.87. The number of Topliss-reactive ketones (excluding diaryl/α,β-unsaturated/α-hetero) is 1. The number of aryl methyl sites for hydroxylation is 1. The van der Waals surface area contributed by atoms with Crippen molar-refractivity contribution >= 4 is 33.9 Å². The van der Waals surface area contributed by atoms with E-state index in [1.165, 1.54) is 29.2 Å². The topological polar surface area (TPSA) is 92.6 Å². The Bertz CT molecular complexity index is 1170. The van der Waals surface area contributed by atoms with E-state index in [-0.39, 0.29) is 16.5 Å². The van der Waals surface area contributed by atoms with Gasteiger partial charge < -0.3 is 9.84 Å². The number of amides is 1. The molecule has 0 spiro atoms. The number of carbonyl (C=O) groups excluding carboxylic acids is 2. The fourth-order valence-electron chi connectivity index (χ4n) is 3.40. The molecule has 1 amide bonds. The minimum Gasteiger partial charge on any atom is -0.507 e. The quantitative estimate of drug-likeness (QED) is 0.367. The van der Waals surface area contributed by atoms with Crippen molar-refractivity contribution in [3.8, 4) is 5.75 Å². The normalized spacial score (nSPS) is 17.9. The van der Waals surface area contributed by atoms with Crippen molar-refractivity contribution in [2.24, 2.45) is 0 Å². The predicted octanol–water partition coefficient (Wildman–Crippen LogP) is 4.01. The van der Waals surface area contributed by atoms with E-state index in [1.807, 2.05) is 6.92 Å². The van der Waals surface area contributed by atoms with Crippen LogP contribution in [0.15, 0.2) is 54.1 Å². The summed E-state index contributed by atoms with van der Waals surface area (Å²) in [6.07, 6.45) is 0. The number of anilines is 1. The Kier molecular flexibility index (Phi) is 5.51. The maximum absolute atomic E-state index is 13.5. The second kappa shape index (κ2) is 8.27. The molecule has 1 aliphatic rings. The van der Waals surface area contributed by atoms with E-state index < -0.39 is 23.5 Å². The zero-order chi connectivity index (χ0) is 22.1. The first-order chi connectivity index (χ1) is 14.9. The van der Waals surface area contributed by atoms with Gasteiger partial charge in [0.1, 0.15) is 22.3 Å². The molecule has 3 aromatic rings. The van der Waals surface area contributed by atoms with Crippen LogP contribution < -0.4 is 9.64 Å². The molecule has 158 valence electrons. The third-order valence-corrected chi connectivity index (χ3v) is 5.63. The number of ether oxygens (including phenoxy) is 1. The van der Waals surface area contributed by atoms with Crippen LogP contribution in [0, 0.1) is 12.7 Å². The van der Waals surface area contributed by atoms with Gasteiger partial charge in [0.15, 0.2) is 0 Å². The highest BCUT2D eigenvalue weighted by Gasteiger charge is 2.48. The number of hydrogen-bond acceptors (Lipinski definition) is 7. The number of hydrogen-bond donors (Lipinski definition) is 1. The van der Waals surface area contributed by atoms with Crippen LogP contribution in [0.25, 0.3) is 5.76 Å². The van der Waals surface area contributed by atoms with Crippen LogP contribution in [0.3, 0.4) is 0 Å². The molecule has 0 unspecified atom stereocenters. The van der Waals surface area contributed by atoms with Gasteiger partial charge in [-0.3, -0.25) is 14.5 Å². The summed E-state index contributed by atoms with van der Waals surface area (Å²) in [5.41, 5.74) is 0.705. The van der Waals surface area contributed by atoms with E-state index in [1.54, 1.807) is 31.2 Å². The molecule has 0 radical (unpaired) electrons. The van der Waals surface area contributed by atoms with Crippen LogP contribution in [0.5, 0.6) is 5.75 Å². The van der Waals surface area contributed by atoms with Crippen molar-refractivity contribution < 1.29 is 23.8 Å². The molecule has 1 atom stereocenters. The fraction of sp³-hybridized carbons (Fsp3) is 0.182. The Morgan fingerprint density at radius 1 is 1.13 bits per heavy atom. The molecule has 1 aliphatic heterocycles. The lowest BCUT2D eigenvalue weighted by Crippen LogP contribution is -2.29. The predicted molar refractivity (Wildman–Crippen MR) is 113 cm³/mol. The lowest BCUT2D eigenvalue weighted by Gasteiger charge is -2.22. The summed E-state index contributed by atoms with van der Waals surface area (Å²) in [6.45, 7) is 4.07. The number of aliphatic hydroxyl groups excluding tert-OH is 1. The molecule has 7 nitrogen and oxygen atoms in total. The standard InChI is InChI=1S/C22H18FN3O4S/c1-3-30-16-10-6-14(7-11-16)19(27)17-18(13-4-8-15(23)9-5-13)26(21(29)20(17)28)22-25-24-12(2)31-22/h4-11,18,27H,3H2,1-2H3/b19-17+/t18-/m0/s1. The number of halogens is 1. The lowest BCUT2D eigenvalue weighted by molar-refractivity contribution is -0.132. The average Bonchev–Trinajstić information content (AvgIpc) is 3.30. The zero-order valence-electron chi connectivity index (χ0n) is 16.7. The van der Waals surface area contributed by atoms with E-state index in [0.29, 0.717) is 28.5 Å². The van der Waals surface area contributed by atoms with Crippen LogP contribution >= 0.6 is 11.3 Å². The minimum atomic E-state index is -0.973. The Morgan fingerprint density at radius 3 is 2.39 bits per heavy atom. The van der Waals surface area contributed by atoms with E-state index in [4.69, 9.17) is 4.74 Å². The van der Waals surface area contributed by atoms with Crippen molar-refractivity contribution in [1.29, 1.82) is 0 Å². The van der Waals surface area contributed by atoms with Crippen molar-refractivity contribution in [2.45, 2.75) is 19.9 Å². The summed E-state index contributed by atoms with van der Waals surface area (Å²) >= 11 is 1.15. The summed E-state index contributed by atoms with van der Waals surface area (Å²) in [7, 11) is 0.